The van der Waals surface area contributed by atoms with E-state index >= 15 is 0 Å². The second-order valence-electron chi connectivity index (χ2n) is 5.03. The second kappa shape index (κ2) is 6.68. The van der Waals surface area contributed by atoms with Crippen molar-refractivity contribution < 1.29 is 4.74 Å². The topological polar surface area (TPSA) is 85.1 Å². The van der Waals surface area contributed by atoms with E-state index in [9.17, 15) is 0 Å². The minimum absolute atomic E-state index is 0.402. The lowest BCUT2D eigenvalue weighted by Gasteiger charge is -2.13. The summed E-state index contributed by atoms with van der Waals surface area (Å²) in [6.45, 7) is 6.19. The van der Waals surface area contributed by atoms with Gasteiger partial charge in [0.05, 0.1) is 0 Å². The lowest BCUT2D eigenvalue weighted by atomic mass is 10.1. The quantitative estimate of drug-likeness (QED) is 0.490. The van der Waals surface area contributed by atoms with Gasteiger partial charge >= 0.3 is 0 Å². The molecule has 0 amide bonds. The average Bonchev–Trinajstić information content (AvgIpc) is 3.26. The molecule has 1 heterocycles. The highest BCUT2D eigenvalue weighted by atomic mass is 16.5. The highest BCUT2D eigenvalue weighted by Crippen LogP contribution is 2.36. The molecule has 1 atom stereocenters. The number of hydrogen-bond acceptors (Lipinski definition) is 6. The summed E-state index contributed by atoms with van der Waals surface area (Å²) in [6, 6.07) is 1.81. The third-order valence-electron chi connectivity index (χ3n) is 3.39. The molecule has 6 nitrogen and oxygen atoms in total. The van der Waals surface area contributed by atoms with E-state index in [2.05, 4.69) is 27.6 Å². The van der Waals surface area contributed by atoms with Crippen molar-refractivity contribution in [3.05, 3.63) is 11.9 Å². The fourth-order valence-corrected chi connectivity index (χ4v) is 2.02. The molecule has 1 aromatic rings. The van der Waals surface area contributed by atoms with Gasteiger partial charge in [-0.2, -0.15) is 0 Å². The summed E-state index contributed by atoms with van der Waals surface area (Å²) in [7, 11) is 0. The molecule has 19 heavy (non-hydrogen) atoms. The molecule has 1 aliphatic rings. The summed E-state index contributed by atoms with van der Waals surface area (Å²) >= 11 is 0. The Morgan fingerprint density at radius 1 is 1.42 bits per heavy atom. The lowest BCUT2D eigenvalue weighted by molar-refractivity contribution is 0.128. The van der Waals surface area contributed by atoms with Crippen molar-refractivity contribution in [2.24, 2.45) is 17.7 Å². The summed E-state index contributed by atoms with van der Waals surface area (Å²) in [4.78, 5) is 8.68. The molecule has 2 rings (SSSR count). The number of nitrogens with two attached hydrogens (primary N) is 1. The maximum absolute atomic E-state index is 5.42. The van der Waals surface area contributed by atoms with Crippen LogP contribution < -0.4 is 16.6 Å². The maximum Gasteiger partial charge on any atom is 0.158 e. The van der Waals surface area contributed by atoms with Gasteiger partial charge in [-0.3, -0.25) is 0 Å². The van der Waals surface area contributed by atoms with Crippen LogP contribution >= 0.6 is 0 Å². The van der Waals surface area contributed by atoms with Crippen LogP contribution in [0.1, 0.15) is 32.5 Å². The molecule has 0 saturated heterocycles. The highest BCUT2D eigenvalue weighted by Gasteiger charge is 2.27. The first-order valence-electron chi connectivity index (χ1n) is 6.89. The van der Waals surface area contributed by atoms with Gasteiger partial charge in [-0.05, 0) is 31.6 Å². The zero-order valence-electron chi connectivity index (χ0n) is 11.6. The van der Waals surface area contributed by atoms with Crippen LogP contribution in [0.2, 0.25) is 0 Å². The van der Waals surface area contributed by atoms with Crippen LogP contribution in [0.25, 0.3) is 0 Å². The Kier molecular flexibility index (Phi) is 4.93. The first-order chi connectivity index (χ1) is 9.22. The molecule has 0 aliphatic heterocycles. The molecular weight excluding hydrogens is 242 g/mol. The van der Waals surface area contributed by atoms with Crippen molar-refractivity contribution in [2.75, 3.05) is 23.9 Å². The molecule has 1 unspecified atom stereocenters. The number of nitrogens with one attached hydrogen (secondary N) is 2. The van der Waals surface area contributed by atoms with E-state index in [-0.39, 0.29) is 0 Å². The molecule has 1 aliphatic carbocycles. The molecule has 6 heteroatoms. The van der Waals surface area contributed by atoms with Crippen LogP contribution in [-0.2, 0) is 11.3 Å². The van der Waals surface area contributed by atoms with Crippen LogP contribution in [0, 0.1) is 11.8 Å². The van der Waals surface area contributed by atoms with Gasteiger partial charge in [0.25, 0.3) is 0 Å². The Labute approximate surface area is 114 Å². The van der Waals surface area contributed by atoms with E-state index in [1.807, 2.05) is 13.0 Å². The fourth-order valence-electron chi connectivity index (χ4n) is 2.02. The number of hydrogen-bond donors (Lipinski definition) is 3. The molecule has 1 aromatic heterocycles. The molecule has 0 spiro atoms. The molecule has 1 saturated carbocycles. The Morgan fingerprint density at radius 2 is 2.16 bits per heavy atom. The zero-order chi connectivity index (χ0) is 13.7. The number of nitrogens with zero attached hydrogens (tertiary/aromatic N) is 2. The Balaban J connectivity index is 1.96. The van der Waals surface area contributed by atoms with Crippen molar-refractivity contribution >= 4 is 11.6 Å². The summed E-state index contributed by atoms with van der Waals surface area (Å²) in [6.07, 6.45) is 2.72. The normalized spacial score (nSPS) is 16.2. The minimum Gasteiger partial charge on any atom is -0.374 e. The van der Waals surface area contributed by atoms with E-state index in [4.69, 9.17) is 10.6 Å². The zero-order valence-corrected chi connectivity index (χ0v) is 11.6. The second-order valence-corrected chi connectivity index (χ2v) is 5.03. The molecule has 106 valence electrons. The van der Waals surface area contributed by atoms with Crippen molar-refractivity contribution in [1.29, 1.82) is 0 Å². The summed E-state index contributed by atoms with van der Waals surface area (Å²) < 4.78 is 5.33. The third kappa shape index (κ3) is 4.33. The number of nitrogen functional groups attached to an aromatic ring is 1. The SMILES string of the molecule is CCOCc1nc(NN)cc(NCC(C)C2CC2)n1. The number of aromatic nitrogens is 2. The van der Waals surface area contributed by atoms with Gasteiger partial charge in [-0.25, -0.2) is 15.8 Å². The van der Waals surface area contributed by atoms with Gasteiger partial charge in [-0.15, -0.1) is 0 Å². The van der Waals surface area contributed by atoms with Gasteiger partial charge in [-0.1, -0.05) is 6.92 Å². The van der Waals surface area contributed by atoms with Crippen LogP contribution in [0.3, 0.4) is 0 Å². The number of anilines is 2. The number of ether oxygens (including phenoxy) is 1. The van der Waals surface area contributed by atoms with E-state index in [1.165, 1.54) is 12.8 Å². The fraction of sp³-hybridized carbons (Fsp3) is 0.692. The standard InChI is InChI=1S/C13H23N5O/c1-3-19-8-13-16-11(6-12(17-13)18-14)15-7-9(2)10-4-5-10/h6,9-10H,3-5,7-8,14H2,1-2H3,(H2,15,16,17,18). The molecule has 0 bridgehead atoms. The van der Waals surface area contributed by atoms with Crippen LogP contribution in [0.15, 0.2) is 6.07 Å². The number of rotatable bonds is 8. The van der Waals surface area contributed by atoms with Gasteiger partial charge in [0.2, 0.25) is 0 Å². The highest BCUT2D eigenvalue weighted by molar-refractivity contribution is 5.46. The molecule has 0 radical (unpaired) electrons. The molecule has 1 fully saturated rings. The first kappa shape index (κ1) is 14.0. The third-order valence-corrected chi connectivity index (χ3v) is 3.39. The van der Waals surface area contributed by atoms with Gasteiger partial charge in [0, 0.05) is 19.2 Å². The van der Waals surface area contributed by atoms with E-state index in [1.54, 1.807) is 0 Å². The maximum atomic E-state index is 5.42. The monoisotopic (exact) mass is 265 g/mol. The predicted octanol–water partition coefficient (Wildman–Crippen LogP) is 1.76. The van der Waals surface area contributed by atoms with E-state index in [0.717, 1.165) is 18.3 Å². The van der Waals surface area contributed by atoms with Crippen LogP contribution in [-0.4, -0.2) is 23.1 Å². The largest absolute Gasteiger partial charge is 0.374 e. The van der Waals surface area contributed by atoms with Crippen molar-refractivity contribution in [1.82, 2.24) is 9.97 Å². The van der Waals surface area contributed by atoms with Crippen molar-refractivity contribution in [3.63, 3.8) is 0 Å². The van der Waals surface area contributed by atoms with Crippen molar-refractivity contribution in [2.45, 2.75) is 33.3 Å². The summed E-state index contributed by atoms with van der Waals surface area (Å²) in [5.41, 5.74) is 2.56. The average molecular weight is 265 g/mol. The van der Waals surface area contributed by atoms with Gasteiger partial charge < -0.3 is 15.5 Å². The molecule has 0 aromatic carbocycles. The number of hydrazine groups is 1. The smallest absolute Gasteiger partial charge is 0.158 e. The van der Waals surface area contributed by atoms with E-state index < -0.39 is 0 Å². The Morgan fingerprint density at radius 3 is 2.79 bits per heavy atom. The van der Waals surface area contributed by atoms with Crippen LogP contribution in [0.4, 0.5) is 11.6 Å². The van der Waals surface area contributed by atoms with Gasteiger partial charge in [0.15, 0.2) is 5.82 Å². The Hall–Kier alpha value is -1.40. The summed E-state index contributed by atoms with van der Waals surface area (Å²) in [5, 5.41) is 3.36. The van der Waals surface area contributed by atoms with E-state index in [0.29, 0.717) is 30.8 Å². The lowest BCUT2D eigenvalue weighted by Crippen LogP contribution is -2.16. The van der Waals surface area contributed by atoms with Gasteiger partial charge in [0.1, 0.15) is 18.2 Å². The molecule has 4 N–H and O–H groups in total. The summed E-state index contributed by atoms with van der Waals surface area (Å²) in [5.74, 6) is 9.02. The predicted molar refractivity (Wildman–Crippen MR) is 75.5 cm³/mol. The first-order valence-corrected chi connectivity index (χ1v) is 6.89. The van der Waals surface area contributed by atoms with Crippen molar-refractivity contribution in [3.8, 4) is 0 Å². The molecular formula is C13H23N5O. The minimum atomic E-state index is 0.402. The van der Waals surface area contributed by atoms with Crippen LogP contribution in [0.5, 0.6) is 0 Å². The Bertz CT molecular complexity index is 408.